The van der Waals surface area contributed by atoms with Gasteiger partial charge in [-0.2, -0.15) is 0 Å². The zero-order valence-corrected chi connectivity index (χ0v) is 45.8. The van der Waals surface area contributed by atoms with Crippen LogP contribution in [0.5, 0.6) is 5.75 Å². The van der Waals surface area contributed by atoms with Crippen LogP contribution < -0.4 is 26.0 Å². The van der Waals surface area contributed by atoms with Crippen LogP contribution in [-0.4, -0.2) is 169 Å². The lowest BCUT2D eigenvalue weighted by molar-refractivity contribution is -0.164. The minimum Gasteiger partial charge on any atom is -0.497 e. The highest BCUT2D eigenvalue weighted by Gasteiger charge is 2.45. The van der Waals surface area contributed by atoms with E-state index in [1.54, 1.807) is 58.9 Å². The molecule has 0 bridgehead atoms. The van der Waals surface area contributed by atoms with Crippen LogP contribution in [0.1, 0.15) is 114 Å². The summed E-state index contributed by atoms with van der Waals surface area (Å²) >= 11 is 0. The van der Waals surface area contributed by atoms with Gasteiger partial charge >= 0.3 is 5.97 Å². The van der Waals surface area contributed by atoms with Gasteiger partial charge in [0.15, 0.2) is 11.9 Å². The van der Waals surface area contributed by atoms with Crippen LogP contribution >= 0.6 is 0 Å². The Kier molecular flexibility index (Phi) is 23.8. The van der Waals surface area contributed by atoms with Crippen molar-refractivity contribution in [3.63, 3.8) is 0 Å². The molecule has 0 saturated carbocycles. The van der Waals surface area contributed by atoms with E-state index in [-0.39, 0.29) is 18.8 Å². The topological polar surface area (TPSA) is 250 Å². The van der Waals surface area contributed by atoms with Gasteiger partial charge in [0.1, 0.15) is 35.3 Å². The van der Waals surface area contributed by atoms with Crippen molar-refractivity contribution < 1.29 is 57.4 Å². The first kappa shape index (κ1) is 62.0. The summed E-state index contributed by atoms with van der Waals surface area (Å²) < 4.78 is 11.1. The zero-order chi connectivity index (χ0) is 55.1. The van der Waals surface area contributed by atoms with Gasteiger partial charge in [-0.25, -0.2) is 0 Å². The number of cyclic esters (lactones) is 1. The van der Waals surface area contributed by atoms with Crippen LogP contribution in [0.25, 0.3) is 0 Å². The average Bonchev–Trinajstić information content (AvgIpc) is 3.34. The van der Waals surface area contributed by atoms with Crippen LogP contribution in [-0.2, 0) is 59.1 Å². The summed E-state index contributed by atoms with van der Waals surface area (Å²) in [5, 5.41) is 10.8. The highest BCUT2D eigenvalue weighted by molar-refractivity contribution is 6.09. The van der Waals surface area contributed by atoms with Gasteiger partial charge < -0.3 is 50.3 Å². The molecule has 2 unspecified atom stereocenters. The molecule has 1 heterocycles. The second-order valence-corrected chi connectivity index (χ2v) is 20.5. The fourth-order valence-corrected chi connectivity index (χ4v) is 8.58. The van der Waals surface area contributed by atoms with Gasteiger partial charge in [-0.05, 0) is 83.4 Å². The maximum absolute atomic E-state index is 14.6. The van der Waals surface area contributed by atoms with Gasteiger partial charge in [0.25, 0.3) is 5.91 Å². The van der Waals surface area contributed by atoms with Gasteiger partial charge in [0.2, 0.25) is 41.4 Å². The smallest absolute Gasteiger partial charge is 0.311 e. The van der Waals surface area contributed by atoms with Crippen molar-refractivity contribution in [2.75, 3.05) is 48.4 Å². The molecule has 1 fully saturated rings. The van der Waals surface area contributed by atoms with Gasteiger partial charge in [-0.3, -0.25) is 47.9 Å². The molecule has 404 valence electrons. The number of nitrogens with zero attached hydrogens (tertiary/aromatic N) is 4. The number of ether oxygens (including phenoxy) is 2. The molecule has 2 rings (SSSR count). The summed E-state index contributed by atoms with van der Waals surface area (Å²) in [6, 6.07) is 0.144. The average molecular weight is 1010 g/mol. The number of amides is 8. The number of ketones is 1. The lowest BCUT2D eigenvalue weighted by atomic mass is 9.82. The van der Waals surface area contributed by atoms with Crippen molar-refractivity contribution in [1.29, 1.82) is 0 Å². The van der Waals surface area contributed by atoms with Crippen molar-refractivity contribution in [3.8, 4) is 5.75 Å². The number of esters is 1. The summed E-state index contributed by atoms with van der Waals surface area (Å²) in [4.78, 5) is 145. The zero-order valence-electron chi connectivity index (χ0n) is 45.8. The first-order chi connectivity index (χ1) is 33.5. The molecular formula is C52H84N8O12. The lowest BCUT2D eigenvalue weighted by Crippen LogP contribution is -2.60. The van der Waals surface area contributed by atoms with Crippen LogP contribution in [0.15, 0.2) is 24.3 Å². The number of hydrogen-bond donors (Lipinski definition) is 4. The molecule has 1 saturated heterocycles. The molecular weight excluding hydrogens is 929 g/mol. The number of carbonyl (C=O) groups is 10. The number of carbonyl (C=O) groups excluding carboxylic acids is 10. The third-order valence-electron chi connectivity index (χ3n) is 13.8. The second-order valence-electron chi connectivity index (χ2n) is 20.5. The molecule has 0 radical (unpaired) electrons. The number of Topliss-reactive ketones (excluding diaryl/α,β-unsaturated/α-hetero) is 1. The van der Waals surface area contributed by atoms with Gasteiger partial charge in [-0.15, -0.1) is 0 Å². The highest BCUT2D eigenvalue weighted by atomic mass is 16.5. The minimum atomic E-state index is -1.79. The van der Waals surface area contributed by atoms with E-state index in [1.165, 1.54) is 77.7 Å². The van der Waals surface area contributed by atoms with E-state index in [4.69, 9.17) is 9.47 Å². The molecule has 1 aromatic carbocycles. The Balaban J connectivity index is 2.74. The van der Waals surface area contributed by atoms with Crippen LogP contribution in [0, 0.1) is 29.1 Å². The Morgan fingerprint density at radius 1 is 0.708 bits per heavy atom. The van der Waals surface area contributed by atoms with Crippen molar-refractivity contribution >= 4 is 59.0 Å². The SMILES string of the molecule is CCCC1NC(=O)[C@H](C)N(C)C(=O)C(C)(C)C(=O)[C@@H](C)NC(=O)[C@H](Cc2ccc(OC)cc2)N(C)C(=O)[C@H](C(C)C)N(C)C(=O)CNC(=O)[C@H](CC(C)C)N(C)C(=O)CNC(=O)[C@H](C(C)CC)OC(=O)[C@H]1C. The predicted molar refractivity (Wildman–Crippen MR) is 271 cm³/mol. The van der Waals surface area contributed by atoms with E-state index >= 15 is 0 Å². The Hall–Kier alpha value is -6.08. The summed E-state index contributed by atoms with van der Waals surface area (Å²) in [7, 11) is 7.10. The summed E-state index contributed by atoms with van der Waals surface area (Å²) in [6.45, 7) is 18.6. The molecule has 4 N–H and O–H groups in total. The second kappa shape index (κ2) is 27.7. The highest BCUT2D eigenvalue weighted by Crippen LogP contribution is 2.25. The first-order valence-electron chi connectivity index (χ1n) is 25.1. The summed E-state index contributed by atoms with van der Waals surface area (Å²) in [5.74, 6) is -8.37. The Bertz CT molecular complexity index is 2090. The standard InChI is InChI=1S/C52H84N8O12/c1-18-20-37-32(8)50(69)72-43(31(7)19-2)48(67)54-27-40(61)58(14)38(25-29(3)4)46(65)53-28-41(62)60(16)42(30(5)6)49(68)59(15)39(26-35-21-23-36(71-17)24-22-35)47(66)55-33(9)44(63)52(11,12)51(70)57(13)34(10)45(64)56-37/h21-24,29-34,37-39,42-43H,18-20,25-28H2,1-17H3,(H,53,65)(H,54,67)(H,55,66)(H,56,64)/t31?,32-,33+,34-,37?,38-,39-,42-,43-/m0/s1. The molecule has 20 nitrogen and oxygen atoms in total. The van der Waals surface area contributed by atoms with Crippen molar-refractivity contribution in [2.24, 2.45) is 29.1 Å². The molecule has 0 spiro atoms. The molecule has 20 heteroatoms. The maximum atomic E-state index is 14.6. The minimum absolute atomic E-state index is 0.0316. The normalized spacial score (nSPS) is 26.5. The van der Waals surface area contributed by atoms with E-state index in [9.17, 15) is 47.9 Å². The Morgan fingerprint density at radius 2 is 1.26 bits per heavy atom. The van der Waals surface area contributed by atoms with E-state index in [1.807, 2.05) is 20.8 Å². The molecule has 0 aliphatic carbocycles. The molecule has 1 aliphatic rings. The summed E-state index contributed by atoms with van der Waals surface area (Å²) in [6.07, 6.45) is 0.111. The van der Waals surface area contributed by atoms with E-state index < -0.39 is 138 Å². The molecule has 1 aromatic rings. The molecule has 9 atom stereocenters. The van der Waals surface area contributed by atoms with E-state index in [0.29, 0.717) is 30.6 Å². The van der Waals surface area contributed by atoms with Crippen molar-refractivity contribution in [3.05, 3.63) is 29.8 Å². The Morgan fingerprint density at radius 3 is 1.78 bits per heavy atom. The number of hydrogen-bond acceptors (Lipinski definition) is 12. The van der Waals surface area contributed by atoms with Crippen LogP contribution in [0.4, 0.5) is 0 Å². The lowest BCUT2D eigenvalue weighted by Gasteiger charge is -2.37. The monoisotopic (exact) mass is 1010 g/mol. The number of nitrogens with one attached hydrogen (secondary N) is 4. The summed E-state index contributed by atoms with van der Waals surface area (Å²) in [5.41, 5.74) is -1.15. The predicted octanol–water partition coefficient (Wildman–Crippen LogP) is 2.49. The van der Waals surface area contributed by atoms with E-state index in [2.05, 4.69) is 21.3 Å². The van der Waals surface area contributed by atoms with Crippen molar-refractivity contribution in [1.82, 2.24) is 40.9 Å². The van der Waals surface area contributed by atoms with Crippen LogP contribution in [0.2, 0.25) is 0 Å². The molecule has 8 amide bonds. The number of likely N-dealkylation sites (N-methyl/N-ethyl adjacent to an activating group) is 4. The van der Waals surface area contributed by atoms with Gasteiger partial charge in [0.05, 0.1) is 32.2 Å². The fourth-order valence-electron chi connectivity index (χ4n) is 8.58. The fraction of sp³-hybridized carbons (Fsp3) is 0.692. The molecule has 1 aliphatic heterocycles. The van der Waals surface area contributed by atoms with Gasteiger partial charge in [0, 0.05) is 46.6 Å². The van der Waals surface area contributed by atoms with Crippen LogP contribution in [0.3, 0.4) is 0 Å². The molecule has 72 heavy (non-hydrogen) atoms. The number of rotatable bonds is 10. The van der Waals surface area contributed by atoms with E-state index in [0.717, 1.165) is 4.90 Å². The Labute approximate surface area is 426 Å². The number of benzene rings is 1. The third-order valence-corrected chi connectivity index (χ3v) is 13.8. The first-order valence-corrected chi connectivity index (χ1v) is 25.1. The quantitative estimate of drug-likeness (QED) is 0.195. The largest absolute Gasteiger partial charge is 0.497 e. The maximum Gasteiger partial charge on any atom is 0.311 e. The number of methoxy groups -OCH3 is 1. The molecule has 0 aromatic heterocycles. The van der Waals surface area contributed by atoms with Crippen molar-refractivity contribution in [2.45, 2.75) is 158 Å². The third kappa shape index (κ3) is 16.2. The van der Waals surface area contributed by atoms with Gasteiger partial charge in [-0.1, -0.05) is 67.0 Å².